The van der Waals surface area contributed by atoms with Gasteiger partial charge in [-0.1, -0.05) is 32.0 Å². The quantitative estimate of drug-likeness (QED) is 0.778. The molecule has 4 heteroatoms. The molecule has 0 aliphatic heterocycles. The molecule has 0 spiro atoms. The van der Waals surface area contributed by atoms with Gasteiger partial charge in [-0.3, -0.25) is 4.79 Å². The van der Waals surface area contributed by atoms with Gasteiger partial charge in [0.2, 0.25) is 5.91 Å². The van der Waals surface area contributed by atoms with Crippen molar-refractivity contribution in [3.8, 4) is 0 Å². The third-order valence-corrected chi connectivity index (χ3v) is 4.59. The SMILES string of the molecule is CC1(C)CCC(O)(CNCc2ccccc2C(N)=O)CC1. The largest absolute Gasteiger partial charge is 0.389 e. The fraction of sp³-hybridized carbons (Fsp3) is 0.588. The van der Waals surface area contributed by atoms with E-state index in [9.17, 15) is 9.90 Å². The summed E-state index contributed by atoms with van der Waals surface area (Å²) in [6, 6.07) is 7.32. The monoisotopic (exact) mass is 290 g/mol. The molecule has 21 heavy (non-hydrogen) atoms. The highest BCUT2D eigenvalue weighted by Crippen LogP contribution is 2.39. The summed E-state index contributed by atoms with van der Waals surface area (Å²) in [5.41, 5.74) is 6.50. The molecule has 0 radical (unpaired) electrons. The zero-order valence-electron chi connectivity index (χ0n) is 13.0. The van der Waals surface area contributed by atoms with Gasteiger partial charge in [-0.2, -0.15) is 0 Å². The van der Waals surface area contributed by atoms with Gasteiger partial charge in [0.1, 0.15) is 0 Å². The lowest BCUT2D eigenvalue weighted by Gasteiger charge is -2.40. The number of benzene rings is 1. The normalized spacial score (nSPS) is 20.1. The molecule has 4 nitrogen and oxygen atoms in total. The van der Waals surface area contributed by atoms with Crippen molar-refractivity contribution in [2.24, 2.45) is 11.1 Å². The number of carbonyl (C=O) groups is 1. The van der Waals surface area contributed by atoms with E-state index in [1.165, 1.54) is 0 Å². The maximum absolute atomic E-state index is 11.4. The van der Waals surface area contributed by atoms with E-state index in [1.54, 1.807) is 12.1 Å². The van der Waals surface area contributed by atoms with E-state index in [1.807, 2.05) is 12.1 Å². The minimum atomic E-state index is -0.628. The predicted octanol–water partition coefficient (Wildman–Crippen LogP) is 2.21. The molecule has 0 aromatic heterocycles. The van der Waals surface area contributed by atoms with Crippen LogP contribution in [0.1, 0.15) is 55.5 Å². The molecule has 0 unspecified atom stereocenters. The van der Waals surface area contributed by atoms with Crippen LogP contribution in [0.3, 0.4) is 0 Å². The number of nitrogens with one attached hydrogen (secondary N) is 1. The highest BCUT2D eigenvalue weighted by atomic mass is 16.3. The molecule has 0 heterocycles. The Morgan fingerprint density at radius 1 is 1.24 bits per heavy atom. The van der Waals surface area contributed by atoms with Crippen LogP contribution in [0.25, 0.3) is 0 Å². The van der Waals surface area contributed by atoms with Crippen molar-refractivity contribution in [3.63, 3.8) is 0 Å². The summed E-state index contributed by atoms with van der Waals surface area (Å²) in [6.07, 6.45) is 3.74. The van der Waals surface area contributed by atoms with Crippen molar-refractivity contribution in [1.29, 1.82) is 0 Å². The first-order chi connectivity index (χ1) is 9.81. The molecule has 1 aromatic carbocycles. The number of carbonyl (C=O) groups excluding carboxylic acids is 1. The molecule has 2 rings (SSSR count). The topological polar surface area (TPSA) is 75.3 Å². The molecular weight excluding hydrogens is 264 g/mol. The van der Waals surface area contributed by atoms with Crippen LogP contribution in [0, 0.1) is 5.41 Å². The fourth-order valence-electron chi connectivity index (χ4n) is 2.91. The number of aliphatic hydroxyl groups is 1. The number of hydrogen-bond acceptors (Lipinski definition) is 3. The standard InChI is InChI=1S/C17H26N2O2/c1-16(2)7-9-17(21,10-8-16)12-19-11-13-5-3-4-6-14(13)15(18)20/h3-6,19,21H,7-12H2,1-2H3,(H2,18,20). The van der Waals surface area contributed by atoms with E-state index < -0.39 is 11.5 Å². The summed E-state index contributed by atoms with van der Waals surface area (Å²) in [6.45, 7) is 5.60. The summed E-state index contributed by atoms with van der Waals surface area (Å²) >= 11 is 0. The van der Waals surface area contributed by atoms with Crippen LogP contribution in [0.5, 0.6) is 0 Å². The van der Waals surface area contributed by atoms with Gasteiger partial charge in [0.05, 0.1) is 5.60 Å². The second kappa shape index (κ2) is 6.16. The van der Waals surface area contributed by atoms with Crippen molar-refractivity contribution < 1.29 is 9.90 Å². The molecule has 1 aliphatic rings. The number of amides is 1. The first-order valence-corrected chi connectivity index (χ1v) is 7.62. The van der Waals surface area contributed by atoms with Crippen molar-refractivity contribution in [2.75, 3.05) is 6.54 Å². The van der Waals surface area contributed by atoms with Crippen molar-refractivity contribution in [2.45, 2.75) is 51.7 Å². The van der Waals surface area contributed by atoms with E-state index in [-0.39, 0.29) is 0 Å². The highest BCUT2D eigenvalue weighted by molar-refractivity contribution is 5.94. The average Bonchev–Trinajstić information content (AvgIpc) is 2.43. The van der Waals surface area contributed by atoms with Crippen LogP contribution in [0.2, 0.25) is 0 Å². The molecule has 1 aliphatic carbocycles. The third kappa shape index (κ3) is 4.29. The van der Waals surface area contributed by atoms with Gasteiger partial charge in [0, 0.05) is 18.7 Å². The Morgan fingerprint density at radius 2 is 1.86 bits per heavy atom. The molecule has 1 amide bonds. The smallest absolute Gasteiger partial charge is 0.249 e. The molecule has 1 saturated carbocycles. The molecule has 4 N–H and O–H groups in total. The van der Waals surface area contributed by atoms with Crippen LogP contribution in [0.15, 0.2) is 24.3 Å². The summed E-state index contributed by atoms with van der Waals surface area (Å²) in [4.78, 5) is 11.4. The molecule has 0 bridgehead atoms. The average molecular weight is 290 g/mol. The lowest BCUT2D eigenvalue weighted by atomic mass is 9.71. The Hall–Kier alpha value is -1.39. The van der Waals surface area contributed by atoms with E-state index >= 15 is 0 Å². The molecule has 0 saturated heterocycles. The second-order valence-corrected chi connectivity index (χ2v) is 7.01. The van der Waals surface area contributed by atoms with Gasteiger partial charge in [-0.25, -0.2) is 0 Å². The van der Waals surface area contributed by atoms with Crippen LogP contribution in [-0.4, -0.2) is 23.2 Å². The Morgan fingerprint density at radius 3 is 2.48 bits per heavy atom. The Labute approximate surface area is 126 Å². The summed E-state index contributed by atoms with van der Waals surface area (Å²) in [5.74, 6) is -0.412. The molecule has 1 aromatic rings. The minimum Gasteiger partial charge on any atom is -0.389 e. The minimum absolute atomic E-state index is 0.338. The second-order valence-electron chi connectivity index (χ2n) is 7.01. The van der Waals surface area contributed by atoms with Gasteiger partial charge in [0.15, 0.2) is 0 Å². The van der Waals surface area contributed by atoms with E-state index in [0.717, 1.165) is 31.2 Å². The number of rotatable bonds is 5. The van der Waals surface area contributed by atoms with Gasteiger partial charge in [0.25, 0.3) is 0 Å². The van der Waals surface area contributed by atoms with Crippen LogP contribution in [-0.2, 0) is 6.54 Å². The summed E-state index contributed by atoms with van der Waals surface area (Å²) in [7, 11) is 0. The van der Waals surface area contributed by atoms with Crippen LogP contribution < -0.4 is 11.1 Å². The van der Waals surface area contributed by atoms with Gasteiger partial charge < -0.3 is 16.2 Å². The van der Waals surface area contributed by atoms with E-state index in [0.29, 0.717) is 24.1 Å². The van der Waals surface area contributed by atoms with Crippen molar-refractivity contribution in [1.82, 2.24) is 5.32 Å². The van der Waals surface area contributed by atoms with Gasteiger partial charge in [-0.05, 0) is 42.7 Å². The number of primary amides is 1. The maximum atomic E-state index is 11.4. The first kappa shape index (κ1) is 16.0. The first-order valence-electron chi connectivity index (χ1n) is 7.62. The van der Waals surface area contributed by atoms with E-state index in [4.69, 9.17) is 5.73 Å². The predicted molar refractivity (Wildman–Crippen MR) is 83.9 cm³/mol. The van der Waals surface area contributed by atoms with Crippen molar-refractivity contribution in [3.05, 3.63) is 35.4 Å². The van der Waals surface area contributed by atoms with E-state index in [2.05, 4.69) is 19.2 Å². The molecule has 116 valence electrons. The molecule has 0 atom stereocenters. The van der Waals surface area contributed by atoms with Crippen LogP contribution in [0.4, 0.5) is 0 Å². The van der Waals surface area contributed by atoms with Gasteiger partial charge >= 0.3 is 0 Å². The lowest BCUT2D eigenvalue weighted by Crippen LogP contribution is -2.45. The number of hydrogen-bond donors (Lipinski definition) is 3. The highest BCUT2D eigenvalue weighted by Gasteiger charge is 2.36. The molecular formula is C17H26N2O2. The number of nitrogens with two attached hydrogens (primary N) is 1. The van der Waals surface area contributed by atoms with Gasteiger partial charge in [-0.15, -0.1) is 0 Å². The Balaban J connectivity index is 1.89. The summed E-state index contributed by atoms with van der Waals surface area (Å²) in [5, 5.41) is 13.9. The maximum Gasteiger partial charge on any atom is 0.249 e. The fourth-order valence-corrected chi connectivity index (χ4v) is 2.91. The Kier molecular flexibility index (Phi) is 4.69. The molecule has 1 fully saturated rings. The zero-order chi connectivity index (χ0) is 15.5. The van der Waals surface area contributed by atoms with Crippen molar-refractivity contribution >= 4 is 5.91 Å². The lowest BCUT2D eigenvalue weighted by molar-refractivity contribution is -0.0245. The summed E-state index contributed by atoms with van der Waals surface area (Å²) < 4.78 is 0. The third-order valence-electron chi connectivity index (χ3n) is 4.59. The van der Waals surface area contributed by atoms with Crippen LogP contribution >= 0.6 is 0 Å². The zero-order valence-corrected chi connectivity index (χ0v) is 13.0. The Bertz CT molecular complexity index is 501.